The van der Waals surface area contributed by atoms with Gasteiger partial charge in [0.05, 0.1) is 30.2 Å². The average molecular weight is 503 g/mol. The normalized spacial score (nSPS) is 12.4. The van der Waals surface area contributed by atoms with Crippen molar-refractivity contribution < 1.29 is 32.6 Å². The van der Waals surface area contributed by atoms with Crippen LogP contribution in [-0.2, 0) is 19.6 Å². The van der Waals surface area contributed by atoms with Gasteiger partial charge in [0.25, 0.3) is 0 Å². The Morgan fingerprint density at radius 2 is 1.74 bits per heavy atom. The summed E-state index contributed by atoms with van der Waals surface area (Å²) in [6, 6.07) is 5.41. The molecule has 0 amide bonds. The number of aliphatic hydroxyl groups is 1. The topological polar surface area (TPSA) is 138 Å². The van der Waals surface area contributed by atoms with Gasteiger partial charge in [-0.1, -0.05) is 13.8 Å². The molecule has 2 N–H and O–H groups in total. The first-order valence-corrected chi connectivity index (χ1v) is 11.9. The Morgan fingerprint density at radius 1 is 1.15 bits per heavy atom. The van der Waals surface area contributed by atoms with Gasteiger partial charge in [0.15, 0.2) is 5.78 Å². The number of aromatic nitrogens is 2. The van der Waals surface area contributed by atoms with E-state index in [1.54, 1.807) is 0 Å². The maximum Gasteiger partial charge on any atom is 0.305 e. The summed E-state index contributed by atoms with van der Waals surface area (Å²) in [7, 11) is -2.35. The number of ketones is 1. The number of allylic oxidation sites excluding steroid dienone is 1. The molecular formula is C22H26FN3NaO6S. The van der Waals surface area contributed by atoms with Gasteiger partial charge in [0, 0.05) is 54.2 Å². The van der Waals surface area contributed by atoms with Crippen molar-refractivity contribution in [2.24, 2.45) is 0 Å². The number of nitrogens with zero attached hydrogens (tertiary/aromatic N) is 3. The van der Waals surface area contributed by atoms with Gasteiger partial charge in [0.1, 0.15) is 5.82 Å². The number of rotatable bonds is 10. The number of carboxylic acid groups (broad SMARTS) is 1. The monoisotopic (exact) mass is 502 g/mol. The molecule has 1 heterocycles. The van der Waals surface area contributed by atoms with Crippen LogP contribution in [0.4, 0.5) is 10.3 Å². The number of anilines is 1. The smallest absolute Gasteiger partial charge is 0.305 e. The van der Waals surface area contributed by atoms with Crippen LogP contribution >= 0.6 is 0 Å². The molecule has 1 atom stereocenters. The van der Waals surface area contributed by atoms with E-state index in [4.69, 9.17) is 5.11 Å². The third kappa shape index (κ3) is 8.24. The summed E-state index contributed by atoms with van der Waals surface area (Å²) in [4.78, 5) is 31.7. The van der Waals surface area contributed by atoms with Crippen molar-refractivity contribution in [1.29, 1.82) is 0 Å². The second-order valence-corrected chi connectivity index (χ2v) is 9.83. The van der Waals surface area contributed by atoms with E-state index in [2.05, 4.69) is 9.97 Å². The largest absolute Gasteiger partial charge is 0.481 e. The number of aliphatic hydroxyl groups excluding tert-OH is 1. The Morgan fingerprint density at radius 3 is 2.24 bits per heavy atom. The summed E-state index contributed by atoms with van der Waals surface area (Å²) in [5, 5.41) is 18.4. The molecule has 0 fully saturated rings. The van der Waals surface area contributed by atoms with Crippen LogP contribution in [0.1, 0.15) is 43.9 Å². The number of halogens is 1. The van der Waals surface area contributed by atoms with Crippen molar-refractivity contribution in [3.05, 3.63) is 47.4 Å². The van der Waals surface area contributed by atoms with Gasteiger partial charge in [-0.05, 0) is 42.3 Å². The minimum absolute atomic E-state index is 0. The van der Waals surface area contributed by atoms with Gasteiger partial charge in [-0.3, -0.25) is 9.59 Å². The molecule has 1 aromatic carbocycles. The zero-order chi connectivity index (χ0) is 24.9. The molecule has 34 heavy (non-hydrogen) atoms. The molecule has 0 saturated heterocycles. The molecule has 12 heteroatoms. The second kappa shape index (κ2) is 12.5. The summed E-state index contributed by atoms with van der Waals surface area (Å²) < 4.78 is 38.5. The summed E-state index contributed by atoms with van der Waals surface area (Å²) in [5.74, 6) is -2.49. The fourth-order valence-electron chi connectivity index (χ4n) is 2.95. The minimum atomic E-state index is -3.67. The number of sulfonamides is 1. The molecule has 0 aliphatic heterocycles. The molecular weight excluding hydrogens is 476 g/mol. The molecule has 0 bridgehead atoms. The van der Waals surface area contributed by atoms with E-state index in [0.717, 1.165) is 10.6 Å². The quantitative estimate of drug-likeness (QED) is 0.373. The summed E-state index contributed by atoms with van der Waals surface area (Å²) in [6.07, 6.45) is 1.35. The number of hydrogen-bond acceptors (Lipinski definition) is 7. The fourth-order valence-corrected chi connectivity index (χ4v) is 3.32. The van der Waals surface area contributed by atoms with Crippen molar-refractivity contribution >= 4 is 63.4 Å². The third-order valence-electron chi connectivity index (χ3n) is 4.69. The van der Waals surface area contributed by atoms with Crippen LogP contribution in [0.2, 0.25) is 0 Å². The predicted molar refractivity (Wildman–Crippen MR) is 127 cm³/mol. The Balaban J connectivity index is 0.00000578. The maximum atomic E-state index is 13.5. The Bertz CT molecular complexity index is 1170. The number of carbonyl (C=O) groups is 2. The molecule has 179 valence electrons. The van der Waals surface area contributed by atoms with Crippen LogP contribution in [0.5, 0.6) is 0 Å². The van der Waals surface area contributed by atoms with Crippen molar-refractivity contribution in [1.82, 2.24) is 9.97 Å². The van der Waals surface area contributed by atoms with Crippen LogP contribution in [0, 0.1) is 5.82 Å². The van der Waals surface area contributed by atoms with Gasteiger partial charge in [-0.2, -0.15) is 0 Å². The van der Waals surface area contributed by atoms with E-state index in [0.29, 0.717) is 16.8 Å². The Labute approximate surface area is 220 Å². The third-order valence-corrected chi connectivity index (χ3v) is 5.85. The molecule has 0 aliphatic rings. The average Bonchev–Trinajstić information content (AvgIpc) is 2.70. The van der Waals surface area contributed by atoms with Crippen molar-refractivity contribution in [3.63, 3.8) is 0 Å². The molecule has 2 aromatic rings. The van der Waals surface area contributed by atoms with Crippen molar-refractivity contribution in [2.45, 2.75) is 38.7 Å². The zero-order valence-corrected chi connectivity index (χ0v) is 22.5. The standard InChI is InChI=1S/C22H26FN3O6S.Na/c1-13(2)20-18(10-9-16(27)11-17(28)12-19(29)30)21(14-5-7-15(23)8-6-14)25-22(24-20)26(3)33(4,31)32;/h5-10,13,17,28H,11-12H2,1-4H3,(H,29,30);/b10-9+;/t17-;/m1./s1. The van der Waals surface area contributed by atoms with E-state index in [1.807, 2.05) is 13.8 Å². The molecule has 0 saturated carbocycles. The van der Waals surface area contributed by atoms with E-state index >= 15 is 0 Å². The molecule has 0 spiro atoms. The van der Waals surface area contributed by atoms with E-state index in [1.165, 1.54) is 43.5 Å². The number of aliphatic carboxylic acids is 1. The van der Waals surface area contributed by atoms with Crippen LogP contribution in [0.25, 0.3) is 17.3 Å². The van der Waals surface area contributed by atoms with E-state index in [-0.39, 0.29) is 53.5 Å². The first-order valence-electron chi connectivity index (χ1n) is 10.0. The van der Waals surface area contributed by atoms with E-state index < -0.39 is 40.1 Å². The Hall–Kier alpha value is -2.18. The molecule has 0 unspecified atom stereocenters. The molecule has 0 aliphatic carbocycles. The first-order chi connectivity index (χ1) is 15.3. The number of benzene rings is 1. The molecule has 1 aromatic heterocycles. The summed E-state index contributed by atoms with van der Waals surface area (Å²) >= 11 is 0. The summed E-state index contributed by atoms with van der Waals surface area (Å²) in [5.41, 5.74) is 1.63. The number of hydrogen-bond donors (Lipinski definition) is 2. The molecule has 1 radical (unpaired) electrons. The zero-order valence-electron chi connectivity index (χ0n) is 19.7. The van der Waals surface area contributed by atoms with Gasteiger partial charge in [-0.15, -0.1) is 0 Å². The van der Waals surface area contributed by atoms with Crippen LogP contribution in [0.15, 0.2) is 30.3 Å². The maximum absolute atomic E-state index is 13.5. The number of carboxylic acids is 1. The van der Waals surface area contributed by atoms with Gasteiger partial charge in [-0.25, -0.2) is 27.1 Å². The molecule has 2 rings (SSSR count). The van der Waals surface area contributed by atoms with Crippen molar-refractivity contribution in [2.75, 3.05) is 17.6 Å². The second-order valence-electron chi connectivity index (χ2n) is 7.82. The van der Waals surface area contributed by atoms with Crippen LogP contribution in [0.3, 0.4) is 0 Å². The fraction of sp³-hybridized carbons (Fsp3) is 0.364. The van der Waals surface area contributed by atoms with Crippen molar-refractivity contribution in [3.8, 4) is 11.3 Å². The van der Waals surface area contributed by atoms with Gasteiger partial charge < -0.3 is 10.2 Å². The SMILES string of the molecule is CC(C)c1nc(N(C)S(C)(=O)=O)nc(-c2ccc(F)cc2)c1/C=C/C(=O)C[C@@H](O)CC(=O)O.[Na]. The molecule has 9 nitrogen and oxygen atoms in total. The van der Waals surface area contributed by atoms with Crippen LogP contribution < -0.4 is 4.31 Å². The summed E-state index contributed by atoms with van der Waals surface area (Å²) in [6.45, 7) is 3.66. The number of carbonyl (C=O) groups excluding carboxylic acids is 1. The van der Waals surface area contributed by atoms with Crippen LogP contribution in [-0.4, -0.2) is 89.3 Å². The minimum Gasteiger partial charge on any atom is -0.481 e. The predicted octanol–water partition coefficient (Wildman–Crippen LogP) is 2.23. The van der Waals surface area contributed by atoms with Gasteiger partial charge >= 0.3 is 5.97 Å². The first kappa shape index (κ1) is 29.9. The van der Waals surface area contributed by atoms with E-state index in [9.17, 15) is 27.5 Å². The van der Waals surface area contributed by atoms with Gasteiger partial charge in [0.2, 0.25) is 16.0 Å². The Kier molecular flexibility index (Phi) is 11.0.